The van der Waals surface area contributed by atoms with Gasteiger partial charge in [-0.1, -0.05) is 41.5 Å². The lowest BCUT2D eigenvalue weighted by molar-refractivity contribution is -0.158. The zero-order valence-corrected chi connectivity index (χ0v) is 19.2. The number of rotatable bonds is 13. The maximum Gasteiger partial charge on any atom is 0.306 e. The molecule has 0 radical (unpaired) electrons. The summed E-state index contributed by atoms with van der Waals surface area (Å²) in [4.78, 5) is 12.0. The number of carbonyl (C=O) groups excluding carboxylic acids is 1. The van der Waals surface area contributed by atoms with Crippen LogP contribution in [-0.4, -0.2) is 62.8 Å². The van der Waals surface area contributed by atoms with E-state index in [2.05, 4.69) is 19.2 Å². The summed E-state index contributed by atoms with van der Waals surface area (Å²) in [6.45, 7) is 21.6. The summed E-state index contributed by atoms with van der Waals surface area (Å²) < 4.78 is 16.5. The van der Waals surface area contributed by atoms with Crippen molar-refractivity contribution in [2.75, 3.05) is 46.1 Å². The van der Waals surface area contributed by atoms with Gasteiger partial charge in [0.25, 0.3) is 0 Å². The number of hydrogen-bond donors (Lipinski definition) is 2. The van der Waals surface area contributed by atoms with Crippen LogP contribution in [0, 0.1) is 10.8 Å². The number of aliphatic hydroxyl groups is 1. The molecule has 0 saturated heterocycles. The third-order valence-electron chi connectivity index (χ3n) is 3.29. The fraction of sp³-hybridized carbons (Fsp3) is 0.952. The molecule has 0 unspecified atom stereocenters. The normalized spacial score (nSPS) is 12.4. The van der Waals surface area contributed by atoms with E-state index in [0.29, 0.717) is 32.8 Å². The highest BCUT2D eigenvalue weighted by Crippen LogP contribution is 2.24. The highest BCUT2D eigenvalue weighted by atomic mass is 16.6. The minimum absolute atomic E-state index is 0.0149. The fourth-order valence-electron chi connectivity index (χ4n) is 2.21. The predicted octanol–water partition coefficient (Wildman–Crippen LogP) is 3.41. The zero-order chi connectivity index (χ0) is 21.6. The van der Waals surface area contributed by atoms with Crippen LogP contribution in [0.2, 0.25) is 0 Å². The molecule has 0 aromatic heterocycles. The molecule has 6 nitrogen and oxygen atoms in total. The van der Waals surface area contributed by atoms with Gasteiger partial charge in [0.05, 0.1) is 39.5 Å². The van der Waals surface area contributed by atoms with Crippen LogP contribution in [0.4, 0.5) is 0 Å². The van der Waals surface area contributed by atoms with Crippen LogP contribution in [0.5, 0.6) is 0 Å². The van der Waals surface area contributed by atoms with Crippen molar-refractivity contribution in [3.05, 3.63) is 0 Å². The van der Waals surface area contributed by atoms with Crippen molar-refractivity contribution in [1.82, 2.24) is 5.32 Å². The van der Waals surface area contributed by atoms with E-state index in [1.54, 1.807) is 0 Å². The van der Waals surface area contributed by atoms with Gasteiger partial charge in [0.15, 0.2) is 0 Å². The first-order valence-corrected chi connectivity index (χ1v) is 10.1. The smallest absolute Gasteiger partial charge is 0.306 e. The van der Waals surface area contributed by atoms with Crippen molar-refractivity contribution >= 4 is 5.97 Å². The van der Waals surface area contributed by atoms with Gasteiger partial charge in [-0.25, -0.2) is 0 Å². The first-order chi connectivity index (χ1) is 12.4. The van der Waals surface area contributed by atoms with Crippen LogP contribution in [0.3, 0.4) is 0 Å². The monoisotopic (exact) mass is 391 g/mol. The zero-order valence-electron chi connectivity index (χ0n) is 19.2. The Bertz CT molecular complexity index is 375. The van der Waals surface area contributed by atoms with Gasteiger partial charge in [-0.15, -0.1) is 0 Å². The Morgan fingerprint density at radius 2 is 1.44 bits per heavy atom. The Balaban J connectivity index is 0. The molecular formula is C21H45NO5. The number of hydrogen-bond acceptors (Lipinski definition) is 6. The van der Waals surface area contributed by atoms with E-state index in [0.717, 1.165) is 13.1 Å². The van der Waals surface area contributed by atoms with Crippen LogP contribution in [0.15, 0.2) is 0 Å². The number of ether oxygens (including phenoxy) is 3. The fourth-order valence-corrected chi connectivity index (χ4v) is 2.21. The summed E-state index contributed by atoms with van der Waals surface area (Å²) in [5, 5.41) is 12.0. The average Bonchev–Trinajstić information content (AvgIpc) is 2.49. The second-order valence-electron chi connectivity index (χ2n) is 9.10. The Kier molecular flexibility index (Phi) is 15.1. The van der Waals surface area contributed by atoms with E-state index in [1.807, 2.05) is 48.5 Å². The molecule has 0 aliphatic heterocycles. The van der Waals surface area contributed by atoms with Gasteiger partial charge in [-0.05, 0) is 26.2 Å². The lowest BCUT2D eigenvalue weighted by atomic mass is 9.90. The molecule has 0 fully saturated rings. The van der Waals surface area contributed by atoms with Crippen molar-refractivity contribution < 1.29 is 24.1 Å². The van der Waals surface area contributed by atoms with E-state index in [-0.39, 0.29) is 23.4 Å². The second kappa shape index (κ2) is 14.3. The SMILES string of the molecule is CC.CC(C)(CNCCOCCO)COCC(C)(C)CC(=O)OC(C)(C)C. The Morgan fingerprint density at radius 3 is 1.96 bits per heavy atom. The average molecular weight is 392 g/mol. The number of aliphatic hydroxyl groups excluding tert-OH is 1. The standard InChI is InChI=1S/C19H39NO5.C2H6/c1-17(2,3)25-16(22)12-18(4,5)14-24-15-19(6,7)13-20-8-10-23-11-9-21;1-2/h20-21H,8-15H2,1-7H3;1-2H3. The first kappa shape index (κ1) is 28.5. The van der Waals surface area contributed by atoms with E-state index in [9.17, 15) is 4.79 Å². The summed E-state index contributed by atoms with van der Waals surface area (Å²) in [7, 11) is 0. The molecule has 0 rings (SSSR count). The molecule has 0 aliphatic carbocycles. The summed E-state index contributed by atoms with van der Waals surface area (Å²) in [6, 6.07) is 0. The summed E-state index contributed by atoms with van der Waals surface area (Å²) in [5.74, 6) is -0.190. The minimum Gasteiger partial charge on any atom is -0.460 e. The predicted molar refractivity (Wildman–Crippen MR) is 111 cm³/mol. The van der Waals surface area contributed by atoms with Crippen molar-refractivity contribution in [3.63, 3.8) is 0 Å². The van der Waals surface area contributed by atoms with Gasteiger partial charge in [-0.2, -0.15) is 0 Å². The van der Waals surface area contributed by atoms with Crippen LogP contribution < -0.4 is 5.32 Å². The number of nitrogens with one attached hydrogen (secondary N) is 1. The van der Waals surface area contributed by atoms with Crippen LogP contribution >= 0.6 is 0 Å². The largest absolute Gasteiger partial charge is 0.460 e. The first-order valence-electron chi connectivity index (χ1n) is 10.1. The molecule has 6 heteroatoms. The third kappa shape index (κ3) is 19.9. The van der Waals surface area contributed by atoms with Crippen molar-refractivity contribution in [2.45, 2.75) is 74.3 Å². The topological polar surface area (TPSA) is 77.0 Å². The second-order valence-corrected chi connectivity index (χ2v) is 9.10. The molecule has 0 atom stereocenters. The van der Waals surface area contributed by atoms with Gasteiger partial charge < -0.3 is 24.6 Å². The Morgan fingerprint density at radius 1 is 0.889 bits per heavy atom. The van der Waals surface area contributed by atoms with E-state index in [1.165, 1.54) is 0 Å². The summed E-state index contributed by atoms with van der Waals surface area (Å²) in [6.07, 6.45) is 0.338. The Labute approximate surface area is 167 Å². The summed E-state index contributed by atoms with van der Waals surface area (Å²) >= 11 is 0. The molecule has 27 heavy (non-hydrogen) atoms. The lowest BCUT2D eigenvalue weighted by Crippen LogP contribution is -2.36. The summed E-state index contributed by atoms with van der Waals surface area (Å²) in [5.41, 5.74) is -0.731. The molecule has 0 spiro atoms. The van der Waals surface area contributed by atoms with E-state index in [4.69, 9.17) is 19.3 Å². The molecule has 0 saturated carbocycles. The molecule has 164 valence electrons. The van der Waals surface area contributed by atoms with Crippen LogP contribution in [0.25, 0.3) is 0 Å². The van der Waals surface area contributed by atoms with Crippen molar-refractivity contribution in [2.24, 2.45) is 10.8 Å². The quantitative estimate of drug-likeness (QED) is 0.370. The van der Waals surface area contributed by atoms with Gasteiger partial charge in [0, 0.05) is 18.5 Å². The van der Waals surface area contributed by atoms with Crippen LogP contribution in [-0.2, 0) is 19.0 Å². The van der Waals surface area contributed by atoms with Gasteiger partial charge in [0.1, 0.15) is 5.60 Å². The minimum atomic E-state index is -0.456. The van der Waals surface area contributed by atoms with Gasteiger partial charge in [0.2, 0.25) is 0 Å². The number of esters is 1. The van der Waals surface area contributed by atoms with Crippen molar-refractivity contribution in [3.8, 4) is 0 Å². The van der Waals surface area contributed by atoms with Gasteiger partial charge in [-0.3, -0.25) is 4.79 Å². The highest BCUT2D eigenvalue weighted by molar-refractivity contribution is 5.70. The molecule has 0 amide bonds. The molecule has 0 aromatic rings. The van der Waals surface area contributed by atoms with Crippen molar-refractivity contribution in [1.29, 1.82) is 0 Å². The van der Waals surface area contributed by atoms with E-state index >= 15 is 0 Å². The molecule has 0 aliphatic rings. The molecule has 0 aromatic carbocycles. The number of carbonyl (C=O) groups is 1. The third-order valence-corrected chi connectivity index (χ3v) is 3.29. The van der Waals surface area contributed by atoms with Gasteiger partial charge >= 0.3 is 5.97 Å². The Hall–Kier alpha value is -0.690. The lowest BCUT2D eigenvalue weighted by Gasteiger charge is -2.29. The highest BCUT2D eigenvalue weighted by Gasteiger charge is 2.27. The van der Waals surface area contributed by atoms with Crippen LogP contribution in [0.1, 0.15) is 68.7 Å². The molecular weight excluding hydrogens is 346 g/mol. The maximum absolute atomic E-state index is 12.0. The molecule has 0 heterocycles. The molecule has 0 bridgehead atoms. The van der Waals surface area contributed by atoms with E-state index < -0.39 is 5.60 Å². The maximum atomic E-state index is 12.0. The molecule has 2 N–H and O–H groups in total.